The van der Waals surface area contributed by atoms with Gasteiger partial charge in [-0.2, -0.15) is 0 Å². The Morgan fingerprint density at radius 1 is 1.00 bits per heavy atom. The van der Waals surface area contributed by atoms with Crippen LogP contribution in [-0.2, 0) is 6.42 Å². The lowest BCUT2D eigenvalue weighted by Crippen LogP contribution is -2.27. The van der Waals surface area contributed by atoms with E-state index in [0.717, 1.165) is 22.7 Å². The number of methoxy groups -OCH3 is 2. The maximum absolute atomic E-state index is 12.6. The minimum Gasteiger partial charge on any atom is -0.497 e. The molecule has 0 aliphatic rings. The molecule has 0 radical (unpaired) electrons. The van der Waals surface area contributed by atoms with Crippen molar-refractivity contribution >= 4 is 17.5 Å². The van der Waals surface area contributed by atoms with Crippen LogP contribution < -0.4 is 20.1 Å². The molecule has 0 saturated carbocycles. The van der Waals surface area contributed by atoms with Crippen LogP contribution in [0.1, 0.15) is 21.7 Å². The van der Waals surface area contributed by atoms with Gasteiger partial charge in [0.05, 0.1) is 14.2 Å². The molecule has 1 amide bonds. The minimum absolute atomic E-state index is 0.247. The van der Waals surface area contributed by atoms with Crippen molar-refractivity contribution in [2.24, 2.45) is 0 Å². The SMILES string of the molecule is COc1ccc(Nc2nc(C)cc(C(=O)NCCc3ccccc3OC)n2)cc1. The Kier molecular flexibility index (Phi) is 6.63. The van der Waals surface area contributed by atoms with Gasteiger partial charge in [-0.05, 0) is 55.3 Å². The van der Waals surface area contributed by atoms with Gasteiger partial charge in [-0.25, -0.2) is 9.97 Å². The van der Waals surface area contributed by atoms with E-state index in [-0.39, 0.29) is 5.91 Å². The summed E-state index contributed by atoms with van der Waals surface area (Å²) in [6, 6.07) is 16.8. The van der Waals surface area contributed by atoms with Gasteiger partial charge >= 0.3 is 0 Å². The number of carbonyl (C=O) groups is 1. The van der Waals surface area contributed by atoms with E-state index in [2.05, 4.69) is 20.6 Å². The van der Waals surface area contributed by atoms with E-state index in [0.29, 0.717) is 30.3 Å². The van der Waals surface area contributed by atoms with Gasteiger partial charge in [0.1, 0.15) is 17.2 Å². The summed E-state index contributed by atoms with van der Waals surface area (Å²) in [5.74, 6) is 1.69. The van der Waals surface area contributed by atoms with Gasteiger partial charge in [0.2, 0.25) is 5.95 Å². The number of aromatic nitrogens is 2. The van der Waals surface area contributed by atoms with Crippen molar-refractivity contribution in [3.63, 3.8) is 0 Å². The summed E-state index contributed by atoms with van der Waals surface area (Å²) in [6.45, 7) is 2.30. The van der Waals surface area contributed by atoms with Crippen molar-refractivity contribution in [1.29, 1.82) is 0 Å². The van der Waals surface area contributed by atoms with Crippen LogP contribution in [0.2, 0.25) is 0 Å². The zero-order valence-corrected chi connectivity index (χ0v) is 16.7. The van der Waals surface area contributed by atoms with E-state index in [1.165, 1.54) is 0 Å². The van der Waals surface area contributed by atoms with Crippen LogP contribution in [0.3, 0.4) is 0 Å². The highest BCUT2D eigenvalue weighted by molar-refractivity contribution is 5.92. The highest BCUT2D eigenvalue weighted by atomic mass is 16.5. The Morgan fingerprint density at radius 3 is 2.48 bits per heavy atom. The molecule has 0 aliphatic heterocycles. The number of aryl methyl sites for hydroxylation is 1. The molecule has 2 aromatic carbocycles. The molecule has 0 aliphatic carbocycles. The van der Waals surface area contributed by atoms with Gasteiger partial charge in [-0.15, -0.1) is 0 Å². The molecule has 7 heteroatoms. The molecule has 150 valence electrons. The fourth-order valence-corrected chi connectivity index (χ4v) is 2.85. The predicted octanol–water partition coefficient (Wildman–Crippen LogP) is 3.52. The zero-order valence-electron chi connectivity index (χ0n) is 16.7. The Labute approximate surface area is 170 Å². The van der Waals surface area contributed by atoms with Crippen molar-refractivity contribution < 1.29 is 14.3 Å². The molecule has 2 N–H and O–H groups in total. The lowest BCUT2D eigenvalue weighted by molar-refractivity contribution is 0.0949. The average molecular weight is 392 g/mol. The number of nitrogens with one attached hydrogen (secondary N) is 2. The molecule has 29 heavy (non-hydrogen) atoms. The number of ether oxygens (including phenoxy) is 2. The van der Waals surface area contributed by atoms with Gasteiger partial charge in [-0.1, -0.05) is 18.2 Å². The van der Waals surface area contributed by atoms with Crippen LogP contribution in [0.25, 0.3) is 0 Å². The maximum Gasteiger partial charge on any atom is 0.270 e. The first kappa shape index (κ1) is 20.1. The number of rotatable bonds is 8. The molecule has 0 saturated heterocycles. The monoisotopic (exact) mass is 392 g/mol. The van der Waals surface area contributed by atoms with Crippen LogP contribution in [0.15, 0.2) is 54.6 Å². The van der Waals surface area contributed by atoms with Gasteiger partial charge < -0.3 is 20.1 Å². The summed E-state index contributed by atoms with van der Waals surface area (Å²) in [6.07, 6.45) is 0.663. The third-order valence-corrected chi connectivity index (χ3v) is 4.31. The third kappa shape index (κ3) is 5.44. The molecule has 0 unspecified atom stereocenters. The Hall–Kier alpha value is -3.61. The minimum atomic E-state index is -0.247. The molecule has 3 rings (SSSR count). The molecule has 0 bridgehead atoms. The number of anilines is 2. The number of benzene rings is 2. The Balaban J connectivity index is 1.64. The lowest BCUT2D eigenvalue weighted by atomic mass is 10.1. The van der Waals surface area contributed by atoms with Crippen molar-refractivity contribution in [3.05, 3.63) is 71.5 Å². The van der Waals surface area contributed by atoms with Crippen LogP contribution in [0.5, 0.6) is 11.5 Å². The summed E-state index contributed by atoms with van der Waals surface area (Å²) in [5, 5.41) is 6.02. The standard InChI is InChI=1S/C22H24N4O3/c1-15-14-19(21(27)23-13-12-16-6-4-5-7-20(16)29-3)26-22(24-15)25-17-8-10-18(28-2)11-9-17/h4-11,14H,12-13H2,1-3H3,(H,23,27)(H,24,25,26). The first-order valence-corrected chi connectivity index (χ1v) is 9.26. The summed E-state index contributed by atoms with van der Waals surface area (Å²) >= 11 is 0. The van der Waals surface area contributed by atoms with E-state index in [1.807, 2.05) is 55.5 Å². The summed E-state index contributed by atoms with van der Waals surface area (Å²) < 4.78 is 10.5. The first-order chi connectivity index (χ1) is 14.1. The number of hydrogen-bond donors (Lipinski definition) is 2. The molecule has 3 aromatic rings. The van der Waals surface area contributed by atoms with E-state index in [4.69, 9.17) is 9.47 Å². The molecule has 7 nitrogen and oxygen atoms in total. The van der Waals surface area contributed by atoms with E-state index < -0.39 is 0 Å². The topological polar surface area (TPSA) is 85.4 Å². The number of nitrogens with zero attached hydrogens (tertiary/aromatic N) is 2. The second kappa shape index (κ2) is 9.54. The zero-order chi connectivity index (χ0) is 20.6. The number of para-hydroxylation sites is 1. The van der Waals surface area contributed by atoms with E-state index >= 15 is 0 Å². The highest BCUT2D eigenvalue weighted by Crippen LogP contribution is 2.19. The molecule has 0 fully saturated rings. The van der Waals surface area contributed by atoms with Crippen molar-refractivity contribution in [2.75, 3.05) is 26.1 Å². The second-order valence-corrected chi connectivity index (χ2v) is 6.39. The highest BCUT2D eigenvalue weighted by Gasteiger charge is 2.11. The molecular weight excluding hydrogens is 368 g/mol. The lowest BCUT2D eigenvalue weighted by Gasteiger charge is -2.10. The van der Waals surface area contributed by atoms with Gasteiger partial charge in [0.25, 0.3) is 5.91 Å². The average Bonchev–Trinajstić information content (AvgIpc) is 2.74. The van der Waals surface area contributed by atoms with Gasteiger partial charge in [-0.3, -0.25) is 4.79 Å². The second-order valence-electron chi connectivity index (χ2n) is 6.39. The van der Waals surface area contributed by atoms with Crippen LogP contribution in [0.4, 0.5) is 11.6 Å². The van der Waals surface area contributed by atoms with Gasteiger partial charge in [0, 0.05) is 17.9 Å². The molecular formula is C22H24N4O3. The molecule has 0 atom stereocenters. The summed E-state index contributed by atoms with van der Waals surface area (Å²) in [4.78, 5) is 21.2. The van der Waals surface area contributed by atoms with Gasteiger partial charge in [0.15, 0.2) is 0 Å². The normalized spacial score (nSPS) is 10.3. The van der Waals surface area contributed by atoms with Crippen LogP contribution in [-0.4, -0.2) is 36.6 Å². The molecule has 1 heterocycles. The maximum atomic E-state index is 12.6. The van der Waals surface area contributed by atoms with Crippen LogP contribution >= 0.6 is 0 Å². The van der Waals surface area contributed by atoms with Crippen molar-refractivity contribution in [1.82, 2.24) is 15.3 Å². The van der Waals surface area contributed by atoms with Crippen LogP contribution in [0, 0.1) is 6.92 Å². The smallest absolute Gasteiger partial charge is 0.270 e. The summed E-state index contributed by atoms with van der Waals surface area (Å²) in [7, 11) is 3.25. The van der Waals surface area contributed by atoms with E-state index in [9.17, 15) is 4.79 Å². The Morgan fingerprint density at radius 2 is 1.76 bits per heavy atom. The van der Waals surface area contributed by atoms with Crippen molar-refractivity contribution in [2.45, 2.75) is 13.3 Å². The fraction of sp³-hybridized carbons (Fsp3) is 0.227. The third-order valence-electron chi connectivity index (χ3n) is 4.31. The molecule has 1 aromatic heterocycles. The quantitative estimate of drug-likeness (QED) is 0.610. The van der Waals surface area contributed by atoms with E-state index in [1.54, 1.807) is 20.3 Å². The molecule has 0 spiro atoms. The predicted molar refractivity (Wildman–Crippen MR) is 112 cm³/mol. The first-order valence-electron chi connectivity index (χ1n) is 9.26. The number of carbonyl (C=O) groups excluding carboxylic acids is 1. The number of amides is 1. The fourth-order valence-electron chi connectivity index (χ4n) is 2.85. The van der Waals surface area contributed by atoms with Crippen molar-refractivity contribution in [3.8, 4) is 11.5 Å². The Bertz CT molecular complexity index is 974. The summed E-state index contributed by atoms with van der Waals surface area (Å²) in [5.41, 5.74) is 2.86. The largest absolute Gasteiger partial charge is 0.497 e. The number of hydrogen-bond acceptors (Lipinski definition) is 6.